The standard InChI is InChI=1S/C21H22N4O3/c1-23-16-8-4-3-7-15(16)20(26)19(22-23)21(27)25-13-11-24(12-14-25)17-9-5-6-10-18(17)28-2/h3-10H,11-14H2,1-2H3. The number of carbonyl (C=O) groups excluding carboxylic acids is 1. The van der Waals surface area contributed by atoms with Gasteiger partial charge in [-0.05, 0) is 24.3 Å². The molecule has 0 aliphatic carbocycles. The highest BCUT2D eigenvalue weighted by molar-refractivity contribution is 5.95. The van der Waals surface area contributed by atoms with Crippen LogP contribution >= 0.6 is 0 Å². The lowest BCUT2D eigenvalue weighted by molar-refractivity contribution is 0.0737. The van der Waals surface area contributed by atoms with Crippen LogP contribution in [0, 0.1) is 0 Å². The van der Waals surface area contributed by atoms with E-state index >= 15 is 0 Å². The second-order valence-electron chi connectivity index (χ2n) is 6.77. The van der Waals surface area contributed by atoms with Crippen LogP contribution in [-0.4, -0.2) is 53.9 Å². The van der Waals surface area contributed by atoms with Crippen molar-refractivity contribution < 1.29 is 9.53 Å². The van der Waals surface area contributed by atoms with E-state index in [4.69, 9.17) is 4.74 Å². The third kappa shape index (κ3) is 3.09. The zero-order valence-electron chi connectivity index (χ0n) is 16.0. The van der Waals surface area contributed by atoms with Crippen LogP contribution in [-0.2, 0) is 7.05 Å². The number of benzene rings is 2. The molecule has 144 valence electrons. The average Bonchev–Trinajstić information content (AvgIpc) is 2.76. The number of amides is 1. The number of hydrogen-bond acceptors (Lipinski definition) is 5. The molecule has 7 nitrogen and oxygen atoms in total. The Labute approximate surface area is 162 Å². The Morgan fingerprint density at radius 3 is 2.43 bits per heavy atom. The van der Waals surface area contributed by atoms with Crippen LogP contribution < -0.4 is 15.1 Å². The largest absolute Gasteiger partial charge is 0.495 e. The molecule has 0 spiro atoms. The fourth-order valence-corrected chi connectivity index (χ4v) is 3.66. The van der Waals surface area contributed by atoms with Crippen molar-refractivity contribution in [3.63, 3.8) is 0 Å². The summed E-state index contributed by atoms with van der Waals surface area (Å²) in [7, 11) is 3.40. The number of rotatable bonds is 3. The van der Waals surface area contributed by atoms with E-state index in [2.05, 4.69) is 10.00 Å². The molecule has 0 atom stereocenters. The fraction of sp³-hybridized carbons (Fsp3) is 0.286. The van der Waals surface area contributed by atoms with Crippen LogP contribution in [0.4, 0.5) is 5.69 Å². The van der Waals surface area contributed by atoms with Gasteiger partial charge in [-0.2, -0.15) is 5.10 Å². The summed E-state index contributed by atoms with van der Waals surface area (Å²) in [6.07, 6.45) is 0. The maximum absolute atomic E-state index is 13.0. The molecule has 1 fully saturated rings. The Kier molecular flexibility index (Phi) is 4.73. The minimum Gasteiger partial charge on any atom is -0.495 e. The fourth-order valence-electron chi connectivity index (χ4n) is 3.66. The predicted octanol–water partition coefficient (Wildman–Crippen LogP) is 1.90. The van der Waals surface area contributed by atoms with Gasteiger partial charge in [0.25, 0.3) is 5.91 Å². The zero-order valence-corrected chi connectivity index (χ0v) is 16.0. The SMILES string of the molecule is COc1ccccc1N1CCN(C(=O)c2nn(C)c3ccccc3c2=O)CC1. The molecule has 1 aromatic heterocycles. The van der Waals surface area contributed by atoms with Gasteiger partial charge in [0.15, 0.2) is 5.69 Å². The molecule has 2 heterocycles. The molecule has 0 N–H and O–H groups in total. The Morgan fingerprint density at radius 2 is 1.68 bits per heavy atom. The van der Waals surface area contributed by atoms with Crippen molar-refractivity contribution in [2.75, 3.05) is 38.2 Å². The van der Waals surface area contributed by atoms with Gasteiger partial charge in [-0.25, -0.2) is 0 Å². The highest BCUT2D eigenvalue weighted by Crippen LogP contribution is 2.28. The number of methoxy groups -OCH3 is 1. The zero-order chi connectivity index (χ0) is 19.7. The lowest BCUT2D eigenvalue weighted by Gasteiger charge is -2.36. The van der Waals surface area contributed by atoms with Gasteiger partial charge in [-0.3, -0.25) is 14.3 Å². The number of aryl methyl sites for hydroxylation is 1. The molecule has 4 rings (SSSR count). The number of ether oxygens (including phenoxy) is 1. The van der Waals surface area contributed by atoms with Gasteiger partial charge in [-0.15, -0.1) is 0 Å². The summed E-state index contributed by atoms with van der Waals surface area (Å²) in [4.78, 5) is 29.7. The van der Waals surface area contributed by atoms with Crippen molar-refractivity contribution in [1.82, 2.24) is 14.7 Å². The number of anilines is 1. The molecular formula is C21H22N4O3. The minimum atomic E-state index is -0.314. The molecule has 1 saturated heterocycles. The summed E-state index contributed by atoms with van der Waals surface area (Å²) < 4.78 is 7.03. The first-order chi connectivity index (χ1) is 13.6. The molecular weight excluding hydrogens is 356 g/mol. The van der Waals surface area contributed by atoms with Crippen LogP contribution in [0.25, 0.3) is 10.9 Å². The van der Waals surface area contributed by atoms with Gasteiger partial charge in [0.05, 0.1) is 18.3 Å². The van der Waals surface area contributed by atoms with Crippen LogP contribution in [0.1, 0.15) is 10.5 Å². The monoisotopic (exact) mass is 378 g/mol. The summed E-state index contributed by atoms with van der Waals surface area (Å²) in [6.45, 7) is 2.38. The Bertz CT molecular complexity index is 1080. The number of piperazine rings is 1. The highest BCUT2D eigenvalue weighted by atomic mass is 16.5. The maximum Gasteiger partial charge on any atom is 0.278 e. The summed E-state index contributed by atoms with van der Waals surface area (Å²) in [6, 6.07) is 15.0. The van der Waals surface area contributed by atoms with Gasteiger partial charge in [0, 0.05) is 38.6 Å². The molecule has 7 heteroatoms. The third-order valence-electron chi connectivity index (χ3n) is 5.16. The lowest BCUT2D eigenvalue weighted by atomic mass is 10.1. The molecule has 0 bridgehead atoms. The molecule has 3 aromatic rings. The molecule has 1 aliphatic heterocycles. The summed E-state index contributed by atoms with van der Waals surface area (Å²) in [5.41, 5.74) is 1.39. The lowest BCUT2D eigenvalue weighted by Crippen LogP contribution is -2.50. The van der Waals surface area contributed by atoms with E-state index in [-0.39, 0.29) is 17.0 Å². The minimum absolute atomic E-state index is 0.0214. The number of para-hydroxylation sites is 3. The summed E-state index contributed by atoms with van der Waals surface area (Å²) in [5, 5.41) is 4.77. The number of aromatic nitrogens is 2. The van der Waals surface area contributed by atoms with Crippen LogP contribution in [0.3, 0.4) is 0 Å². The third-order valence-corrected chi connectivity index (χ3v) is 5.16. The molecule has 28 heavy (non-hydrogen) atoms. The number of fused-ring (bicyclic) bond motifs is 1. The molecule has 0 saturated carbocycles. The van der Waals surface area contributed by atoms with Crippen LogP contribution in [0.5, 0.6) is 5.75 Å². The number of nitrogens with zero attached hydrogens (tertiary/aromatic N) is 4. The van der Waals surface area contributed by atoms with Gasteiger partial charge >= 0.3 is 0 Å². The Hall–Kier alpha value is -3.35. The Morgan fingerprint density at radius 1 is 1.00 bits per heavy atom. The molecule has 1 aliphatic rings. The maximum atomic E-state index is 13.0. The van der Waals surface area contributed by atoms with Gasteiger partial charge in [-0.1, -0.05) is 24.3 Å². The van der Waals surface area contributed by atoms with Crippen molar-refractivity contribution in [2.45, 2.75) is 0 Å². The highest BCUT2D eigenvalue weighted by Gasteiger charge is 2.27. The van der Waals surface area contributed by atoms with Crippen LogP contribution in [0.15, 0.2) is 53.3 Å². The second kappa shape index (κ2) is 7.34. The normalized spacial score (nSPS) is 14.4. The molecule has 2 aromatic carbocycles. The van der Waals surface area contributed by atoms with E-state index in [1.807, 2.05) is 36.4 Å². The topological polar surface area (TPSA) is 67.7 Å². The van der Waals surface area contributed by atoms with Crippen molar-refractivity contribution in [3.8, 4) is 5.75 Å². The molecule has 0 radical (unpaired) electrons. The number of carbonyl (C=O) groups is 1. The van der Waals surface area contributed by atoms with Crippen molar-refractivity contribution in [2.24, 2.45) is 7.05 Å². The average molecular weight is 378 g/mol. The van der Waals surface area contributed by atoms with Crippen LogP contribution in [0.2, 0.25) is 0 Å². The summed E-state index contributed by atoms with van der Waals surface area (Å²) >= 11 is 0. The smallest absolute Gasteiger partial charge is 0.278 e. The first-order valence-corrected chi connectivity index (χ1v) is 9.23. The van der Waals surface area contributed by atoms with E-state index in [0.29, 0.717) is 37.1 Å². The second-order valence-corrected chi connectivity index (χ2v) is 6.77. The molecule has 1 amide bonds. The Balaban J connectivity index is 1.56. The predicted molar refractivity (Wildman–Crippen MR) is 108 cm³/mol. The summed E-state index contributed by atoms with van der Waals surface area (Å²) in [5.74, 6) is 0.498. The van der Waals surface area contributed by atoms with Gasteiger partial charge < -0.3 is 14.5 Å². The van der Waals surface area contributed by atoms with E-state index in [1.165, 1.54) is 0 Å². The van der Waals surface area contributed by atoms with E-state index in [9.17, 15) is 9.59 Å². The van der Waals surface area contributed by atoms with Crippen molar-refractivity contribution in [3.05, 3.63) is 64.4 Å². The van der Waals surface area contributed by atoms with E-state index in [1.54, 1.807) is 35.9 Å². The van der Waals surface area contributed by atoms with Gasteiger partial charge in [0.1, 0.15) is 5.75 Å². The number of hydrogen-bond donors (Lipinski definition) is 0. The quantitative estimate of drug-likeness (QED) is 0.696. The van der Waals surface area contributed by atoms with E-state index in [0.717, 1.165) is 11.4 Å². The van der Waals surface area contributed by atoms with Crippen molar-refractivity contribution >= 4 is 22.5 Å². The van der Waals surface area contributed by atoms with Gasteiger partial charge in [0.2, 0.25) is 5.43 Å². The van der Waals surface area contributed by atoms with E-state index < -0.39 is 0 Å². The first kappa shape index (κ1) is 18.0. The van der Waals surface area contributed by atoms with Crippen molar-refractivity contribution in [1.29, 1.82) is 0 Å². The first-order valence-electron chi connectivity index (χ1n) is 9.23. The molecule has 0 unspecified atom stereocenters.